The predicted octanol–water partition coefficient (Wildman–Crippen LogP) is 3.11. The van der Waals surface area contributed by atoms with Crippen molar-refractivity contribution in [1.29, 1.82) is 0 Å². The highest BCUT2D eigenvalue weighted by molar-refractivity contribution is 5.94. The summed E-state index contributed by atoms with van der Waals surface area (Å²) in [5.74, 6) is 1.38. The van der Waals surface area contributed by atoms with Crippen molar-refractivity contribution in [2.45, 2.75) is 13.2 Å². The number of ether oxygens (including phenoxy) is 1. The average molecular weight is 387 g/mol. The Morgan fingerprint density at radius 3 is 2.59 bits per heavy atom. The van der Waals surface area contributed by atoms with Crippen LogP contribution < -0.4 is 10.1 Å². The van der Waals surface area contributed by atoms with Crippen LogP contribution in [-0.2, 0) is 20.2 Å². The first kappa shape index (κ1) is 18.5. The smallest absolute Gasteiger partial charge is 0.251 e. The Hall–Kier alpha value is -3.87. The Bertz CT molecular complexity index is 1080. The van der Waals surface area contributed by atoms with Gasteiger partial charge in [-0.05, 0) is 42.0 Å². The number of para-hydroxylation sites is 1. The molecule has 0 saturated carbocycles. The minimum absolute atomic E-state index is 0.143. The van der Waals surface area contributed by atoms with Crippen LogP contribution in [0.2, 0.25) is 0 Å². The molecule has 0 radical (unpaired) electrons. The summed E-state index contributed by atoms with van der Waals surface area (Å²) < 4.78 is 9.42. The number of aromatic nitrogens is 4. The Morgan fingerprint density at radius 2 is 1.86 bits per heavy atom. The molecule has 2 heterocycles. The SMILES string of the molecule is Cn1ccnc1COc1ccc(C(=O)NCc2ccccc2-n2cccn2)cc1. The number of imidazole rings is 1. The number of carbonyl (C=O) groups excluding carboxylic acids is 1. The van der Waals surface area contributed by atoms with Gasteiger partial charge < -0.3 is 14.6 Å². The zero-order valence-electron chi connectivity index (χ0n) is 16.0. The molecule has 4 aromatic rings. The molecule has 146 valence electrons. The third-order valence-electron chi connectivity index (χ3n) is 4.59. The molecule has 2 aromatic carbocycles. The second kappa shape index (κ2) is 8.43. The van der Waals surface area contributed by atoms with E-state index >= 15 is 0 Å². The van der Waals surface area contributed by atoms with Gasteiger partial charge >= 0.3 is 0 Å². The van der Waals surface area contributed by atoms with Crippen LogP contribution >= 0.6 is 0 Å². The predicted molar refractivity (Wildman–Crippen MR) is 109 cm³/mol. The van der Waals surface area contributed by atoms with Crippen LogP contribution in [0.3, 0.4) is 0 Å². The standard InChI is InChI=1S/C22H21N5O2/c1-26-14-12-23-21(26)16-29-19-9-7-17(8-10-19)22(28)24-15-18-5-2-3-6-20(18)27-13-4-11-25-27/h2-14H,15-16H2,1H3,(H,24,28). The van der Waals surface area contributed by atoms with E-state index in [-0.39, 0.29) is 5.91 Å². The van der Waals surface area contributed by atoms with E-state index < -0.39 is 0 Å². The zero-order valence-corrected chi connectivity index (χ0v) is 16.0. The summed E-state index contributed by atoms with van der Waals surface area (Å²) in [6.07, 6.45) is 7.21. The highest BCUT2D eigenvalue weighted by atomic mass is 16.5. The first-order valence-electron chi connectivity index (χ1n) is 9.26. The van der Waals surface area contributed by atoms with Crippen molar-refractivity contribution in [1.82, 2.24) is 24.6 Å². The molecule has 1 N–H and O–H groups in total. The molecule has 4 rings (SSSR count). The van der Waals surface area contributed by atoms with Crippen molar-refractivity contribution in [3.05, 3.63) is 96.3 Å². The second-order valence-corrected chi connectivity index (χ2v) is 6.53. The van der Waals surface area contributed by atoms with Gasteiger partial charge in [-0.2, -0.15) is 5.10 Å². The van der Waals surface area contributed by atoms with Gasteiger partial charge in [0.15, 0.2) is 0 Å². The zero-order chi connectivity index (χ0) is 20.1. The van der Waals surface area contributed by atoms with Gasteiger partial charge in [0, 0.05) is 43.9 Å². The molecule has 0 fully saturated rings. The van der Waals surface area contributed by atoms with Crippen molar-refractivity contribution in [3.8, 4) is 11.4 Å². The van der Waals surface area contributed by atoms with Crippen LogP contribution in [-0.4, -0.2) is 25.2 Å². The lowest BCUT2D eigenvalue weighted by atomic mass is 10.1. The van der Waals surface area contributed by atoms with E-state index in [0.717, 1.165) is 17.1 Å². The van der Waals surface area contributed by atoms with Crippen LogP contribution in [0.5, 0.6) is 5.75 Å². The highest BCUT2D eigenvalue weighted by Crippen LogP contribution is 2.15. The van der Waals surface area contributed by atoms with Crippen LogP contribution in [0, 0.1) is 0 Å². The van der Waals surface area contributed by atoms with Crippen molar-refractivity contribution >= 4 is 5.91 Å². The minimum Gasteiger partial charge on any atom is -0.486 e. The molecule has 0 spiro atoms. The van der Waals surface area contributed by atoms with E-state index in [0.29, 0.717) is 24.5 Å². The lowest BCUT2D eigenvalue weighted by Gasteiger charge is -2.11. The monoisotopic (exact) mass is 387 g/mol. The Labute approximate surface area is 168 Å². The summed E-state index contributed by atoms with van der Waals surface area (Å²) in [5.41, 5.74) is 2.50. The fraction of sp³-hybridized carbons (Fsp3) is 0.136. The van der Waals surface area contributed by atoms with Crippen molar-refractivity contribution in [2.24, 2.45) is 7.05 Å². The van der Waals surface area contributed by atoms with Crippen LogP contribution in [0.25, 0.3) is 5.69 Å². The number of benzene rings is 2. The third-order valence-corrected chi connectivity index (χ3v) is 4.59. The number of nitrogens with zero attached hydrogens (tertiary/aromatic N) is 4. The van der Waals surface area contributed by atoms with E-state index in [9.17, 15) is 4.79 Å². The molecule has 0 bridgehead atoms. The number of hydrogen-bond acceptors (Lipinski definition) is 4. The number of rotatable bonds is 7. The van der Waals surface area contributed by atoms with Gasteiger partial charge in [-0.3, -0.25) is 4.79 Å². The van der Waals surface area contributed by atoms with E-state index in [1.807, 2.05) is 54.3 Å². The summed E-state index contributed by atoms with van der Waals surface area (Å²) in [6.45, 7) is 0.783. The lowest BCUT2D eigenvalue weighted by Crippen LogP contribution is -2.23. The summed E-state index contributed by atoms with van der Waals surface area (Å²) >= 11 is 0. The Balaban J connectivity index is 1.36. The fourth-order valence-corrected chi connectivity index (χ4v) is 2.96. The van der Waals surface area contributed by atoms with Crippen molar-refractivity contribution in [2.75, 3.05) is 0 Å². The lowest BCUT2D eigenvalue weighted by molar-refractivity contribution is 0.0951. The molecule has 0 aliphatic rings. The quantitative estimate of drug-likeness (QED) is 0.529. The van der Waals surface area contributed by atoms with Crippen LogP contribution in [0.4, 0.5) is 0 Å². The molecule has 0 atom stereocenters. The second-order valence-electron chi connectivity index (χ2n) is 6.53. The molecule has 7 heteroatoms. The van der Waals surface area contributed by atoms with Gasteiger partial charge in [-0.15, -0.1) is 0 Å². The number of carbonyl (C=O) groups is 1. The molecule has 0 unspecified atom stereocenters. The van der Waals surface area contributed by atoms with Gasteiger partial charge in [0.2, 0.25) is 0 Å². The Kier molecular flexibility index (Phi) is 5.38. The topological polar surface area (TPSA) is 74.0 Å². The van der Waals surface area contributed by atoms with Crippen LogP contribution in [0.15, 0.2) is 79.4 Å². The van der Waals surface area contributed by atoms with Crippen molar-refractivity contribution in [3.63, 3.8) is 0 Å². The largest absolute Gasteiger partial charge is 0.486 e. The maximum absolute atomic E-state index is 12.5. The maximum atomic E-state index is 12.5. The van der Waals surface area contributed by atoms with Crippen molar-refractivity contribution < 1.29 is 9.53 Å². The molecule has 0 aliphatic carbocycles. The average Bonchev–Trinajstić information content (AvgIpc) is 3.43. The maximum Gasteiger partial charge on any atom is 0.251 e. The van der Waals surface area contributed by atoms with E-state index in [1.165, 1.54) is 0 Å². The molecule has 29 heavy (non-hydrogen) atoms. The molecule has 1 amide bonds. The molecule has 2 aromatic heterocycles. The van der Waals surface area contributed by atoms with Gasteiger partial charge in [-0.25, -0.2) is 9.67 Å². The van der Waals surface area contributed by atoms with E-state index in [2.05, 4.69) is 15.4 Å². The first-order chi connectivity index (χ1) is 14.2. The first-order valence-corrected chi connectivity index (χ1v) is 9.26. The van der Waals surface area contributed by atoms with Gasteiger partial charge in [0.05, 0.1) is 5.69 Å². The summed E-state index contributed by atoms with van der Waals surface area (Å²) in [5, 5.41) is 7.23. The summed E-state index contributed by atoms with van der Waals surface area (Å²) in [4.78, 5) is 16.8. The minimum atomic E-state index is -0.143. The van der Waals surface area contributed by atoms with Gasteiger partial charge in [-0.1, -0.05) is 18.2 Å². The van der Waals surface area contributed by atoms with Gasteiger partial charge in [0.25, 0.3) is 5.91 Å². The molecule has 0 saturated heterocycles. The molecular formula is C22H21N5O2. The summed E-state index contributed by atoms with van der Waals surface area (Å²) in [6, 6.07) is 16.8. The highest BCUT2D eigenvalue weighted by Gasteiger charge is 2.09. The number of nitrogens with one attached hydrogen (secondary N) is 1. The number of amides is 1. The van der Waals surface area contributed by atoms with Gasteiger partial charge in [0.1, 0.15) is 18.2 Å². The van der Waals surface area contributed by atoms with Crippen LogP contribution in [0.1, 0.15) is 21.7 Å². The number of hydrogen-bond donors (Lipinski definition) is 1. The summed E-state index contributed by atoms with van der Waals surface area (Å²) in [7, 11) is 1.92. The normalized spacial score (nSPS) is 10.7. The molecule has 7 nitrogen and oxygen atoms in total. The fourth-order valence-electron chi connectivity index (χ4n) is 2.96. The number of aryl methyl sites for hydroxylation is 1. The van der Waals surface area contributed by atoms with E-state index in [4.69, 9.17) is 4.74 Å². The molecule has 0 aliphatic heterocycles. The van der Waals surface area contributed by atoms with E-state index in [1.54, 1.807) is 41.3 Å². The third kappa shape index (κ3) is 4.35. The Morgan fingerprint density at radius 1 is 1.03 bits per heavy atom. The molecular weight excluding hydrogens is 366 g/mol.